The minimum atomic E-state index is -4.66. The van der Waals surface area contributed by atoms with Crippen molar-refractivity contribution < 1.29 is 30.4 Å². The third-order valence-electron chi connectivity index (χ3n) is 6.96. The molecule has 2 aromatic carbocycles. The van der Waals surface area contributed by atoms with Crippen LogP contribution >= 0.6 is 11.6 Å². The lowest BCUT2D eigenvalue weighted by molar-refractivity contribution is -0.141. The third kappa shape index (κ3) is 5.52. The van der Waals surface area contributed by atoms with Gasteiger partial charge in [0.1, 0.15) is 17.8 Å². The predicted octanol–water partition coefficient (Wildman–Crippen LogP) is 5.10. The van der Waals surface area contributed by atoms with Crippen LogP contribution in [0.25, 0.3) is 28.4 Å². The first-order valence-electron chi connectivity index (χ1n) is 12.8. The molecule has 0 unspecified atom stereocenters. The van der Waals surface area contributed by atoms with Crippen LogP contribution in [-0.4, -0.2) is 57.3 Å². The van der Waals surface area contributed by atoms with Crippen LogP contribution in [0.5, 0.6) is 0 Å². The molecule has 0 amide bonds. The summed E-state index contributed by atoms with van der Waals surface area (Å²) in [6.07, 6.45) is -2.74. The molecule has 4 heterocycles. The number of alkyl halides is 3. The molecular weight excluding hydrogens is 619 g/mol. The second-order valence-corrected chi connectivity index (χ2v) is 11.8. The van der Waals surface area contributed by atoms with Crippen LogP contribution in [0, 0.1) is 11.6 Å². The number of halogens is 6. The molecule has 0 aliphatic carbocycles. The van der Waals surface area contributed by atoms with Crippen molar-refractivity contribution in [2.24, 2.45) is 0 Å². The molecule has 6 rings (SSSR count). The lowest BCUT2D eigenvalue weighted by Gasteiger charge is -2.32. The fourth-order valence-electron chi connectivity index (χ4n) is 4.86. The molecule has 1 saturated heterocycles. The number of nitrogens with zero attached hydrogens (tertiary/aromatic N) is 6. The highest BCUT2D eigenvalue weighted by Crippen LogP contribution is 2.36. The van der Waals surface area contributed by atoms with E-state index in [0.717, 1.165) is 18.2 Å². The van der Waals surface area contributed by atoms with Crippen LogP contribution in [0.3, 0.4) is 0 Å². The Balaban J connectivity index is 1.32. The van der Waals surface area contributed by atoms with Gasteiger partial charge < -0.3 is 4.90 Å². The van der Waals surface area contributed by atoms with Crippen molar-refractivity contribution in [1.29, 1.82) is 0 Å². The Morgan fingerprint density at radius 2 is 1.74 bits per heavy atom. The summed E-state index contributed by atoms with van der Waals surface area (Å²) in [6, 6.07) is 9.36. The number of aromatic amines is 1. The van der Waals surface area contributed by atoms with Crippen molar-refractivity contribution in [3.8, 4) is 17.2 Å². The predicted molar refractivity (Wildman–Crippen MR) is 146 cm³/mol. The molecular formula is C26H20ClF5N8O2S. The van der Waals surface area contributed by atoms with Crippen LogP contribution in [0.2, 0.25) is 5.02 Å². The first-order valence-corrected chi connectivity index (χ1v) is 14.6. The zero-order chi connectivity index (χ0) is 30.5. The maximum absolute atomic E-state index is 13.6. The quantitative estimate of drug-likeness (QED) is 0.248. The molecule has 17 heteroatoms. The number of aromatic nitrogens is 6. The van der Waals surface area contributed by atoms with Crippen LogP contribution in [0.4, 0.5) is 27.8 Å². The van der Waals surface area contributed by atoms with Gasteiger partial charge in [-0.3, -0.25) is 9.67 Å². The number of piperidine rings is 1. The van der Waals surface area contributed by atoms with Crippen molar-refractivity contribution in [3.63, 3.8) is 0 Å². The van der Waals surface area contributed by atoms with Gasteiger partial charge in [-0.15, -0.1) is 0 Å². The lowest BCUT2D eigenvalue weighted by Crippen LogP contribution is -2.45. The number of sulfonamides is 1. The fraction of sp³-hybridized carbons (Fsp3) is 0.231. The normalized spacial score (nSPS) is 15.0. The minimum absolute atomic E-state index is 0.111. The largest absolute Gasteiger partial charge is 0.432 e. The summed E-state index contributed by atoms with van der Waals surface area (Å²) in [7, 11) is -4.11. The van der Waals surface area contributed by atoms with E-state index in [2.05, 4.69) is 19.8 Å². The van der Waals surface area contributed by atoms with Crippen LogP contribution in [0.15, 0.2) is 59.8 Å². The second-order valence-electron chi connectivity index (χ2n) is 9.72. The summed E-state index contributed by atoms with van der Waals surface area (Å²) in [4.78, 5) is 14.9. The van der Waals surface area contributed by atoms with Gasteiger partial charge in [0.15, 0.2) is 34.4 Å². The van der Waals surface area contributed by atoms with Crippen LogP contribution in [0.1, 0.15) is 18.5 Å². The van der Waals surface area contributed by atoms with E-state index in [-0.39, 0.29) is 22.8 Å². The SMILES string of the molecule is O=S(=O)(NC1CCN(c2ncnc3c2nc(-c2ccccc2Cl)n3-c2cc(C(F)(F)F)[nH]n2)CC1)c1ccc(F)c(F)c1. The second kappa shape index (κ2) is 10.8. The Morgan fingerprint density at radius 3 is 2.42 bits per heavy atom. The lowest BCUT2D eigenvalue weighted by atomic mass is 10.1. The molecule has 1 aliphatic heterocycles. The molecule has 5 aromatic rings. The Kier molecular flexibility index (Phi) is 7.30. The summed E-state index contributed by atoms with van der Waals surface area (Å²) >= 11 is 6.44. The van der Waals surface area contributed by atoms with Gasteiger partial charge in [0.2, 0.25) is 10.0 Å². The van der Waals surface area contributed by atoms with Gasteiger partial charge in [0.25, 0.3) is 0 Å². The molecule has 0 spiro atoms. The zero-order valence-electron chi connectivity index (χ0n) is 21.8. The minimum Gasteiger partial charge on any atom is -0.355 e. The monoisotopic (exact) mass is 638 g/mol. The summed E-state index contributed by atoms with van der Waals surface area (Å²) in [5.74, 6) is -1.97. The van der Waals surface area contributed by atoms with E-state index in [1.807, 2.05) is 10.00 Å². The molecule has 0 atom stereocenters. The van der Waals surface area contributed by atoms with Gasteiger partial charge in [-0.25, -0.2) is 36.9 Å². The highest BCUT2D eigenvalue weighted by Gasteiger charge is 2.34. The van der Waals surface area contributed by atoms with Crippen LogP contribution < -0.4 is 9.62 Å². The number of hydrogen-bond donors (Lipinski definition) is 2. The molecule has 1 aliphatic rings. The average molecular weight is 639 g/mol. The molecule has 43 heavy (non-hydrogen) atoms. The van der Waals surface area contributed by atoms with Crippen molar-refractivity contribution >= 4 is 38.6 Å². The number of imidazole rings is 1. The molecule has 0 saturated carbocycles. The van der Waals surface area contributed by atoms with E-state index in [0.29, 0.717) is 48.4 Å². The fourth-order valence-corrected chi connectivity index (χ4v) is 6.40. The van der Waals surface area contributed by atoms with E-state index < -0.39 is 44.5 Å². The van der Waals surface area contributed by atoms with Gasteiger partial charge in [0.05, 0.1) is 9.92 Å². The van der Waals surface area contributed by atoms with Gasteiger partial charge >= 0.3 is 6.18 Å². The highest BCUT2D eigenvalue weighted by atomic mass is 35.5. The summed E-state index contributed by atoms with van der Waals surface area (Å²) in [6.45, 7) is 0.651. The summed E-state index contributed by atoms with van der Waals surface area (Å²) in [5.41, 5.74) is -0.178. The number of rotatable bonds is 6. The van der Waals surface area contributed by atoms with E-state index in [9.17, 15) is 30.4 Å². The Morgan fingerprint density at radius 1 is 1.00 bits per heavy atom. The van der Waals surface area contributed by atoms with Crippen LogP contribution in [-0.2, 0) is 16.2 Å². The molecule has 0 bridgehead atoms. The first kappa shape index (κ1) is 28.9. The Bertz CT molecular complexity index is 1940. The van der Waals surface area contributed by atoms with Gasteiger partial charge in [-0.1, -0.05) is 23.7 Å². The third-order valence-corrected chi connectivity index (χ3v) is 8.80. The Labute approximate surface area is 245 Å². The number of benzene rings is 2. The van der Waals surface area contributed by atoms with Gasteiger partial charge in [-0.2, -0.15) is 18.3 Å². The average Bonchev–Trinajstić information content (AvgIpc) is 3.60. The molecule has 2 N–H and O–H groups in total. The number of hydrogen-bond acceptors (Lipinski definition) is 7. The van der Waals surface area contributed by atoms with Gasteiger partial charge in [-0.05, 0) is 43.2 Å². The number of H-pyrrole nitrogens is 1. The highest BCUT2D eigenvalue weighted by molar-refractivity contribution is 7.89. The molecule has 224 valence electrons. The smallest absolute Gasteiger partial charge is 0.355 e. The van der Waals surface area contributed by atoms with E-state index in [4.69, 9.17) is 16.6 Å². The van der Waals surface area contributed by atoms with E-state index in [1.54, 1.807) is 24.3 Å². The topological polar surface area (TPSA) is 122 Å². The molecule has 1 fully saturated rings. The Hall–Kier alpha value is -4.15. The van der Waals surface area contributed by atoms with Crippen molar-refractivity contribution in [3.05, 3.63) is 77.2 Å². The van der Waals surface area contributed by atoms with E-state index >= 15 is 0 Å². The summed E-state index contributed by atoms with van der Waals surface area (Å²) < 4.78 is 96.5. The summed E-state index contributed by atoms with van der Waals surface area (Å²) in [5, 5.41) is 6.17. The van der Waals surface area contributed by atoms with Crippen molar-refractivity contribution in [1.82, 2.24) is 34.4 Å². The molecule has 3 aromatic heterocycles. The number of anilines is 1. The first-order chi connectivity index (χ1) is 20.4. The zero-order valence-corrected chi connectivity index (χ0v) is 23.4. The van der Waals surface area contributed by atoms with Gasteiger partial charge in [0, 0.05) is 30.8 Å². The standard InChI is InChI=1S/C26H20ClF5N8O2S/c27-17-4-2-1-3-16(17)23-35-22-24(33-13-34-25(22)40(23)21-12-20(36-37-21)26(30,31)32)39-9-7-14(8-10-39)38-43(41,42)15-5-6-18(28)19(29)11-15/h1-6,11-14,38H,7-10H2,(H,36,37). The molecule has 10 nitrogen and oxygen atoms in total. The molecule has 0 radical (unpaired) electrons. The maximum Gasteiger partial charge on any atom is 0.432 e. The van der Waals surface area contributed by atoms with Crippen molar-refractivity contribution in [2.45, 2.75) is 30.0 Å². The maximum atomic E-state index is 13.6. The number of nitrogens with one attached hydrogen (secondary N) is 2. The van der Waals surface area contributed by atoms with Crippen molar-refractivity contribution in [2.75, 3.05) is 18.0 Å². The number of fused-ring (bicyclic) bond motifs is 1. The van der Waals surface area contributed by atoms with E-state index in [1.165, 1.54) is 10.9 Å².